The molecule has 3 fully saturated rings. The lowest BCUT2D eigenvalue weighted by molar-refractivity contribution is -0.137. The minimum atomic E-state index is -0.683. The summed E-state index contributed by atoms with van der Waals surface area (Å²) in [7, 11) is 0. The van der Waals surface area contributed by atoms with Crippen LogP contribution in [-0.4, -0.2) is 83.2 Å². The van der Waals surface area contributed by atoms with Crippen molar-refractivity contribution in [3.05, 3.63) is 0 Å². The Bertz CT molecular complexity index is 351. The van der Waals surface area contributed by atoms with Gasteiger partial charge in [-0.1, -0.05) is 0 Å². The minimum absolute atomic E-state index is 0.274. The van der Waals surface area contributed by atoms with E-state index >= 15 is 0 Å². The van der Waals surface area contributed by atoms with Crippen molar-refractivity contribution >= 4 is 5.97 Å². The lowest BCUT2D eigenvalue weighted by Gasteiger charge is -2.37. The SMILES string of the molecule is CC1CC(N2CCN(CCC(=O)O)CC2)CN1C1CC1. The molecule has 2 unspecified atom stereocenters. The van der Waals surface area contributed by atoms with E-state index in [2.05, 4.69) is 21.6 Å². The van der Waals surface area contributed by atoms with Gasteiger partial charge < -0.3 is 10.0 Å². The number of nitrogens with zero attached hydrogens (tertiary/aromatic N) is 3. The summed E-state index contributed by atoms with van der Waals surface area (Å²) in [4.78, 5) is 18.3. The summed E-state index contributed by atoms with van der Waals surface area (Å²) in [5.41, 5.74) is 0. The van der Waals surface area contributed by atoms with Gasteiger partial charge in [0, 0.05) is 57.4 Å². The predicted octanol–water partition coefficient (Wildman–Crippen LogP) is 0.704. The van der Waals surface area contributed by atoms with Gasteiger partial charge in [0.1, 0.15) is 0 Å². The van der Waals surface area contributed by atoms with Gasteiger partial charge in [-0.05, 0) is 26.2 Å². The predicted molar refractivity (Wildman–Crippen MR) is 77.9 cm³/mol. The molecule has 5 nitrogen and oxygen atoms in total. The first-order valence-electron chi connectivity index (χ1n) is 8.07. The molecule has 114 valence electrons. The smallest absolute Gasteiger partial charge is 0.304 e. The fraction of sp³-hybridized carbons (Fsp3) is 0.933. The fourth-order valence-corrected chi connectivity index (χ4v) is 3.81. The summed E-state index contributed by atoms with van der Waals surface area (Å²) in [6, 6.07) is 2.36. The molecule has 0 radical (unpaired) electrons. The molecular weight excluding hydrogens is 254 g/mol. The molecule has 0 spiro atoms. The van der Waals surface area contributed by atoms with Gasteiger partial charge in [-0.2, -0.15) is 0 Å². The van der Waals surface area contributed by atoms with E-state index in [9.17, 15) is 4.79 Å². The molecule has 2 atom stereocenters. The van der Waals surface area contributed by atoms with Crippen LogP contribution in [-0.2, 0) is 4.79 Å². The number of piperazine rings is 1. The van der Waals surface area contributed by atoms with Crippen molar-refractivity contribution in [2.24, 2.45) is 0 Å². The number of carbonyl (C=O) groups is 1. The molecule has 0 aromatic carbocycles. The van der Waals surface area contributed by atoms with Gasteiger partial charge in [0.25, 0.3) is 0 Å². The molecular formula is C15H27N3O2. The van der Waals surface area contributed by atoms with Gasteiger partial charge >= 0.3 is 5.97 Å². The number of rotatable bonds is 5. The van der Waals surface area contributed by atoms with E-state index < -0.39 is 5.97 Å². The zero-order valence-electron chi connectivity index (χ0n) is 12.5. The number of aliphatic carboxylic acids is 1. The second kappa shape index (κ2) is 6.00. The molecule has 0 aromatic rings. The summed E-state index contributed by atoms with van der Waals surface area (Å²) in [5.74, 6) is -0.683. The zero-order chi connectivity index (χ0) is 14.1. The fourth-order valence-electron chi connectivity index (χ4n) is 3.81. The zero-order valence-corrected chi connectivity index (χ0v) is 12.5. The van der Waals surface area contributed by atoms with E-state index in [1.807, 2.05) is 0 Å². The molecule has 3 aliphatic rings. The van der Waals surface area contributed by atoms with Crippen molar-refractivity contribution in [3.8, 4) is 0 Å². The molecule has 0 aromatic heterocycles. The molecule has 5 heteroatoms. The molecule has 1 saturated carbocycles. The van der Waals surface area contributed by atoms with E-state index in [1.165, 1.54) is 25.8 Å². The number of carboxylic acids is 1. The normalized spacial score (nSPS) is 33.6. The number of carboxylic acid groups (broad SMARTS) is 1. The van der Waals surface area contributed by atoms with Crippen LogP contribution in [0.5, 0.6) is 0 Å². The molecule has 2 aliphatic heterocycles. The second-order valence-electron chi connectivity index (χ2n) is 6.69. The maximum atomic E-state index is 10.6. The first-order chi connectivity index (χ1) is 9.63. The summed E-state index contributed by atoms with van der Waals surface area (Å²) >= 11 is 0. The second-order valence-corrected chi connectivity index (χ2v) is 6.69. The van der Waals surface area contributed by atoms with Crippen molar-refractivity contribution < 1.29 is 9.90 Å². The standard InChI is InChI=1S/C15H27N3O2/c1-12-10-14(11-18(12)13-2-3-13)17-8-6-16(7-9-17)5-4-15(19)20/h12-14H,2-11H2,1H3,(H,19,20). The van der Waals surface area contributed by atoms with Crippen LogP contribution in [0.15, 0.2) is 0 Å². The largest absolute Gasteiger partial charge is 0.481 e. The average Bonchev–Trinajstić information content (AvgIpc) is 3.20. The highest BCUT2D eigenvalue weighted by Crippen LogP contribution is 2.34. The highest BCUT2D eigenvalue weighted by molar-refractivity contribution is 5.66. The van der Waals surface area contributed by atoms with Crippen molar-refractivity contribution in [3.63, 3.8) is 0 Å². The van der Waals surface area contributed by atoms with Crippen LogP contribution in [0.4, 0.5) is 0 Å². The van der Waals surface area contributed by atoms with E-state index in [0.717, 1.165) is 44.3 Å². The average molecular weight is 281 g/mol. The number of likely N-dealkylation sites (tertiary alicyclic amines) is 1. The van der Waals surface area contributed by atoms with Crippen molar-refractivity contribution in [2.45, 2.75) is 50.7 Å². The Kier molecular flexibility index (Phi) is 4.29. The first kappa shape index (κ1) is 14.3. The van der Waals surface area contributed by atoms with Crippen LogP contribution in [0.3, 0.4) is 0 Å². The van der Waals surface area contributed by atoms with E-state index in [1.54, 1.807) is 0 Å². The Morgan fingerprint density at radius 2 is 1.85 bits per heavy atom. The van der Waals surface area contributed by atoms with Gasteiger partial charge in [-0.15, -0.1) is 0 Å². The van der Waals surface area contributed by atoms with Crippen LogP contribution in [0.25, 0.3) is 0 Å². The molecule has 1 aliphatic carbocycles. The lowest BCUT2D eigenvalue weighted by atomic mass is 10.1. The van der Waals surface area contributed by atoms with Gasteiger partial charge in [0.05, 0.1) is 6.42 Å². The number of hydrogen-bond donors (Lipinski definition) is 1. The first-order valence-corrected chi connectivity index (χ1v) is 8.07. The third-order valence-corrected chi connectivity index (χ3v) is 5.18. The van der Waals surface area contributed by atoms with Gasteiger partial charge in [0.2, 0.25) is 0 Å². The third kappa shape index (κ3) is 3.32. The maximum absolute atomic E-state index is 10.6. The highest BCUT2D eigenvalue weighted by Gasteiger charge is 2.40. The lowest BCUT2D eigenvalue weighted by Crippen LogP contribution is -2.51. The van der Waals surface area contributed by atoms with Crippen LogP contribution < -0.4 is 0 Å². The molecule has 2 heterocycles. The summed E-state index contributed by atoms with van der Waals surface area (Å²) < 4.78 is 0. The third-order valence-electron chi connectivity index (χ3n) is 5.18. The van der Waals surface area contributed by atoms with Crippen molar-refractivity contribution in [1.82, 2.24) is 14.7 Å². The highest BCUT2D eigenvalue weighted by atomic mass is 16.4. The van der Waals surface area contributed by atoms with Gasteiger partial charge in [0.15, 0.2) is 0 Å². The molecule has 2 saturated heterocycles. The van der Waals surface area contributed by atoms with E-state index in [0.29, 0.717) is 6.54 Å². The quantitative estimate of drug-likeness (QED) is 0.804. The van der Waals surface area contributed by atoms with Crippen LogP contribution in [0, 0.1) is 0 Å². The van der Waals surface area contributed by atoms with Crippen LogP contribution >= 0.6 is 0 Å². The Hall–Kier alpha value is -0.650. The Labute approximate surface area is 121 Å². The summed E-state index contributed by atoms with van der Waals surface area (Å²) in [6.07, 6.45) is 4.39. The van der Waals surface area contributed by atoms with Crippen molar-refractivity contribution in [1.29, 1.82) is 0 Å². The van der Waals surface area contributed by atoms with E-state index in [4.69, 9.17) is 5.11 Å². The molecule has 0 bridgehead atoms. The topological polar surface area (TPSA) is 47.0 Å². The molecule has 1 N–H and O–H groups in total. The summed E-state index contributed by atoms with van der Waals surface area (Å²) in [6.45, 7) is 8.61. The van der Waals surface area contributed by atoms with Gasteiger partial charge in [-0.25, -0.2) is 0 Å². The molecule has 0 amide bonds. The summed E-state index contributed by atoms with van der Waals surface area (Å²) in [5, 5.41) is 8.74. The monoisotopic (exact) mass is 281 g/mol. The van der Waals surface area contributed by atoms with Crippen molar-refractivity contribution in [2.75, 3.05) is 39.3 Å². The Morgan fingerprint density at radius 3 is 2.45 bits per heavy atom. The van der Waals surface area contributed by atoms with Crippen LogP contribution in [0.1, 0.15) is 32.6 Å². The molecule has 20 heavy (non-hydrogen) atoms. The Balaban J connectivity index is 1.43. The minimum Gasteiger partial charge on any atom is -0.481 e. The van der Waals surface area contributed by atoms with Gasteiger partial charge in [-0.3, -0.25) is 14.6 Å². The van der Waals surface area contributed by atoms with E-state index in [-0.39, 0.29) is 6.42 Å². The van der Waals surface area contributed by atoms with Crippen LogP contribution in [0.2, 0.25) is 0 Å². The Morgan fingerprint density at radius 1 is 1.15 bits per heavy atom. The number of hydrogen-bond acceptors (Lipinski definition) is 4. The maximum Gasteiger partial charge on any atom is 0.304 e. The molecule has 3 rings (SSSR count).